The molecule has 1 aliphatic heterocycles. The van der Waals surface area contributed by atoms with Gasteiger partial charge in [0.2, 0.25) is 5.95 Å². The molecule has 2 N–H and O–H groups in total. The van der Waals surface area contributed by atoms with Crippen LogP contribution in [0.5, 0.6) is 0 Å². The lowest BCUT2D eigenvalue weighted by molar-refractivity contribution is -0.132. The number of benzene rings is 1. The minimum absolute atomic E-state index is 0.0776. The number of nitrogens with zero attached hydrogens (tertiary/aromatic N) is 4. The van der Waals surface area contributed by atoms with Crippen molar-refractivity contribution in [2.75, 3.05) is 5.32 Å². The first-order valence-corrected chi connectivity index (χ1v) is 5.72. The zero-order valence-corrected chi connectivity index (χ0v) is 10.1. The van der Waals surface area contributed by atoms with Gasteiger partial charge in [0.1, 0.15) is 11.7 Å². The van der Waals surface area contributed by atoms with Crippen molar-refractivity contribution in [3.63, 3.8) is 0 Å². The Morgan fingerprint density at radius 1 is 1.47 bits per heavy atom. The van der Waals surface area contributed by atoms with Crippen molar-refractivity contribution >= 4 is 11.9 Å². The van der Waals surface area contributed by atoms with E-state index in [-0.39, 0.29) is 11.7 Å². The van der Waals surface area contributed by atoms with Gasteiger partial charge in [-0.3, -0.25) is 0 Å². The summed E-state index contributed by atoms with van der Waals surface area (Å²) < 4.78 is 1.56. The van der Waals surface area contributed by atoms with Gasteiger partial charge in [0.15, 0.2) is 0 Å². The maximum atomic E-state index is 11.1. The number of carboxylic acid groups (broad SMARTS) is 1. The number of nitrogens with one attached hydrogen (secondary N) is 1. The van der Waals surface area contributed by atoms with E-state index in [1.807, 2.05) is 31.2 Å². The van der Waals surface area contributed by atoms with Crippen LogP contribution < -0.4 is 5.32 Å². The average Bonchev–Trinajstić information content (AvgIpc) is 2.85. The molecule has 1 aliphatic rings. The van der Waals surface area contributed by atoms with Gasteiger partial charge in [0.05, 0.1) is 0 Å². The molecule has 96 valence electrons. The van der Waals surface area contributed by atoms with Crippen LogP contribution in [0.1, 0.15) is 17.2 Å². The van der Waals surface area contributed by atoms with Crippen molar-refractivity contribution in [2.24, 2.45) is 0 Å². The molecule has 7 nitrogen and oxygen atoms in total. The summed E-state index contributed by atoms with van der Waals surface area (Å²) in [7, 11) is 0. The van der Waals surface area contributed by atoms with Crippen LogP contribution in [0, 0.1) is 6.92 Å². The highest BCUT2D eigenvalue weighted by Crippen LogP contribution is 2.27. The fourth-order valence-electron chi connectivity index (χ4n) is 2.07. The molecule has 0 spiro atoms. The Bertz CT molecular complexity index is 676. The van der Waals surface area contributed by atoms with Crippen LogP contribution in [-0.4, -0.2) is 31.3 Å². The molecule has 1 aromatic heterocycles. The summed E-state index contributed by atoms with van der Waals surface area (Å²) in [5, 5.41) is 23.0. The number of anilines is 1. The molecular weight excluding hydrogens is 246 g/mol. The molecule has 3 rings (SSSR count). The summed E-state index contributed by atoms with van der Waals surface area (Å²) in [6, 6.07) is 7.48. The van der Waals surface area contributed by atoms with E-state index in [4.69, 9.17) is 5.11 Å². The minimum atomic E-state index is -1.04. The number of tetrazole rings is 1. The zero-order valence-electron chi connectivity index (χ0n) is 10.1. The summed E-state index contributed by atoms with van der Waals surface area (Å²) in [5.74, 6) is -0.710. The highest BCUT2D eigenvalue weighted by molar-refractivity contribution is 5.90. The molecule has 0 saturated heterocycles. The number of carboxylic acids is 1. The summed E-state index contributed by atoms with van der Waals surface area (Å²) in [6.07, 6.45) is 1.60. The molecule has 19 heavy (non-hydrogen) atoms. The van der Waals surface area contributed by atoms with E-state index in [0.717, 1.165) is 11.1 Å². The zero-order chi connectivity index (χ0) is 13.4. The number of rotatable bonds is 2. The van der Waals surface area contributed by atoms with Crippen molar-refractivity contribution in [1.29, 1.82) is 0 Å². The van der Waals surface area contributed by atoms with Crippen LogP contribution in [0.3, 0.4) is 0 Å². The van der Waals surface area contributed by atoms with Gasteiger partial charge in [-0.2, -0.15) is 4.68 Å². The third-order valence-corrected chi connectivity index (χ3v) is 2.94. The van der Waals surface area contributed by atoms with Gasteiger partial charge < -0.3 is 10.4 Å². The minimum Gasteiger partial charge on any atom is -0.477 e. The number of hydrogen-bond donors (Lipinski definition) is 2. The Kier molecular flexibility index (Phi) is 2.52. The fraction of sp³-hybridized carbons (Fsp3) is 0.167. The second-order valence-corrected chi connectivity index (χ2v) is 4.32. The first-order chi connectivity index (χ1) is 9.15. The van der Waals surface area contributed by atoms with Gasteiger partial charge in [0.25, 0.3) is 0 Å². The maximum absolute atomic E-state index is 11.1. The van der Waals surface area contributed by atoms with E-state index in [9.17, 15) is 4.79 Å². The third-order valence-electron chi connectivity index (χ3n) is 2.94. The predicted molar refractivity (Wildman–Crippen MR) is 66.5 cm³/mol. The Morgan fingerprint density at radius 2 is 2.32 bits per heavy atom. The van der Waals surface area contributed by atoms with Crippen LogP contribution in [0.4, 0.5) is 5.95 Å². The van der Waals surface area contributed by atoms with Crippen molar-refractivity contribution in [3.05, 3.63) is 47.2 Å². The van der Waals surface area contributed by atoms with Gasteiger partial charge in [-0.1, -0.05) is 34.9 Å². The Labute approximate surface area is 108 Å². The number of aryl methyl sites for hydroxylation is 1. The van der Waals surface area contributed by atoms with Crippen molar-refractivity contribution in [3.8, 4) is 0 Å². The first-order valence-electron chi connectivity index (χ1n) is 5.72. The number of allylic oxidation sites excluding steroid dienone is 1. The van der Waals surface area contributed by atoms with Gasteiger partial charge >= 0.3 is 5.97 Å². The molecule has 0 amide bonds. The summed E-state index contributed by atoms with van der Waals surface area (Å²) in [5.41, 5.74) is 2.11. The molecule has 0 saturated carbocycles. The molecule has 0 fully saturated rings. The lowest BCUT2D eigenvalue weighted by Gasteiger charge is -2.21. The van der Waals surface area contributed by atoms with Gasteiger partial charge in [-0.05, 0) is 29.0 Å². The number of carbonyl (C=O) groups is 1. The van der Waals surface area contributed by atoms with Crippen molar-refractivity contribution in [2.45, 2.75) is 13.0 Å². The fourth-order valence-corrected chi connectivity index (χ4v) is 2.07. The summed E-state index contributed by atoms with van der Waals surface area (Å²) in [4.78, 5) is 11.1. The molecule has 0 unspecified atom stereocenters. The predicted octanol–water partition coefficient (Wildman–Crippen LogP) is 0.965. The third kappa shape index (κ3) is 1.95. The molecule has 1 aromatic carbocycles. The van der Waals surface area contributed by atoms with Crippen LogP contribution in [0.2, 0.25) is 0 Å². The van der Waals surface area contributed by atoms with Gasteiger partial charge in [-0.15, -0.1) is 0 Å². The van der Waals surface area contributed by atoms with E-state index in [2.05, 4.69) is 20.8 Å². The number of hydrogen-bond acceptors (Lipinski definition) is 5. The Hall–Kier alpha value is -2.70. The van der Waals surface area contributed by atoms with E-state index >= 15 is 0 Å². The Balaban J connectivity index is 2.11. The number of aromatic nitrogens is 4. The maximum Gasteiger partial charge on any atom is 0.352 e. The quantitative estimate of drug-likeness (QED) is 0.832. The molecule has 7 heteroatoms. The standard InChI is InChI=1S/C12H11N5O2/c1-7-3-2-4-8(5-7)10-6-9(11(18)19)13-12-14-15-16-17(10)12/h2-6,10H,1H3,(H,18,19)(H,13,14,16)/t10-/m1/s1. The SMILES string of the molecule is Cc1cccc([C@H]2C=C(C(=O)O)Nc3nnnn32)c1. The first kappa shape index (κ1) is 11.4. The lowest BCUT2D eigenvalue weighted by Crippen LogP contribution is -2.24. The summed E-state index contributed by atoms with van der Waals surface area (Å²) in [6.45, 7) is 1.98. The molecular formula is C12H11N5O2. The number of aliphatic carboxylic acids is 1. The van der Waals surface area contributed by atoms with Gasteiger partial charge in [0, 0.05) is 0 Å². The molecule has 2 aromatic rings. The van der Waals surface area contributed by atoms with E-state index in [1.54, 1.807) is 10.8 Å². The van der Waals surface area contributed by atoms with Crippen molar-refractivity contribution < 1.29 is 9.90 Å². The average molecular weight is 257 g/mol. The smallest absolute Gasteiger partial charge is 0.352 e. The van der Waals surface area contributed by atoms with Crippen LogP contribution in [0.25, 0.3) is 0 Å². The highest BCUT2D eigenvalue weighted by atomic mass is 16.4. The second kappa shape index (κ2) is 4.20. The second-order valence-electron chi connectivity index (χ2n) is 4.32. The monoisotopic (exact) mass is 257 g/mol. The van der Waals surface area contributed by atoms with E-state index < -0.39 is 5.97 Å². The van der Waals surface area contributed by atoms with Crippen LogP contribution >= 0.6 is 0 Å². The largest absolute Gasteiger partial charge is 0.477 e. The normalized spacial score (nSPS) is 17.3. The Morgan fingerprint density at radius 3 is 3.05 bits per heavy atom. The molecule has 1 atom stereocenters. The highest BCUT2D eigenvalue weighted by Gasteiger charge is 2.26. The molecule has 0 bridgehead atoms. The lowest BCUT2D eigenvalue weighted by atomic mass is 10.0. The van der Waals surface area contributed by atoms with E-state index in [1.165, 1.54) is 0 Å². The van der Waals surface area contributed by atoms with Crippen molar-refractivity contribution in [1.82, 2.24) is 20.2 Å². The molecule has 0 radical (unpaired) electrons. The van der Waals surface area contributed by atoms with E-state index in [0.29, 0.717) is 5.95 Å². The molecule has 2 heterocycles. The van der Waals surface area contributed by atoms with Crippen LogP contribution in [0.15, 0.2) is 36.0 Å². The number of fused-ring (bicyclic) bond motifs is 1. The van der Waals surface area contributed by atoms with Crippen LogP contribution in [-0.2, 0) is 4.79 Å². The van der Waals surface area contributed by atoms with Gasteiger partial charge in [-0.25, -0.2) is 4.79 Å². The molecule has 0 aliphatic carbocycles. The topological polar surface area (TPSA) is 92.9 Å². The summed E-state index contributed by atoms with van der Waals surface area (Å²) >= 11 is 0.